The van der Waals surface area contributed by atoms with Crippen molar-refractivity contribution in [2.75, 3.05) is 17.7 Å². The molecule has 0 atom stereocenters. The summed E-state index contributed by atoms with van der Waals surface area (Å²) in [4.78, 5) is 27.4. The van der Waals surface area contributed by atoms with Crippen LogP contribution in [0.2, 0.25) is 0 Å². The number of esters is 1. The molecule has 1 heterocycles. The molecule has 7 heteroatoms. The summed E-state index contributed by atoms with van der Waals surface area (Å²) in [6.07, 6.45) is 3.65. The summed E-state index contributed by atoms with van der Waals surface area (Å²) >= 11 is 0. The Labute approximate surface area is 139 Å². The monoisotopic (exact) mass is 326 g/mol. The van der Waals surface area contributed by atoms with E-state index < -0.39 is 5.97 Å². The first kappa shape index (κ1) is 15.8. The summed E-state index contributed by atoms with van der Waals surface area (Å²) in [5.74, 6) is 0.206. The van der Waals surface area contributed by atoms with Gasteiger partial charge in [-0.05, 0) is 43.2 Å². The summed E-state index contributed by atoms with van der Waals surface area (Å²) in [6.45, 7) is 0. The van der Waals surface area contributed by atoms with Crippen molar-refractivity contribution in [2.45, 2.75) is 18.9 Å². The molecular weight excluding hydrogens is 308 g/mol. The number of carbonyl (C=O) groups excluding carboxylic acids is 2. The Morgan fingerprint density at radius 1 is 1.17 bits per heavy atom. The number of methoxy groups -OCH3 is 1. The van der Waals surface area contributed by atoms with Crippen LogP contribution in [0.1, 0.15) is 23.2 Å². The van der Waals surface area contributed by atoms with E-state index in [0.29, 0.717) is 23.1 Å². The quantitative estimate of drug-likeness (QED) is 0.735. The predicted octanol–water partition coefficient (Wildman–Crippen LogP) is 2.90. The van der Waals surface area contributed by atoms with Crippen molar-refractivity contribution in [3.8, 4) is 0 Å². The smallest absolute Gasteiger partial charge is 0.337 e. The van der Waals surface area contributed by atoms with Gasteiger partial charge in [-0.25, -0.2) is 14.6 Å². The van der Waals surface area contributed by atoms with Crippen LogP contribution in [0.15, 0.2) is 42.6 Å². The van der Waals surface area contributed by atoms with E-state index in [0.717, 1.165) is 18.5 Å². The lowest BCUT2D eigenvalue weighted by molar-refractivity contribution is 0.0601. The van der Waals surface area contributed by atoms with Gasteiger partial charge in [-0.3, -0.25) is 0 Å². The lowest BCUT2D eigenvalue weighted by Gasteiger charge is -2.09. The second-order valence-corrected chi connectivity index (χ2v) is 5.50. The van der Waals surface area contributed by atoms with Crippen LogP contribution in [0.3, 0.4) is 0 Å². The third-order valence-electron chi connectivity index (χ3n) is 3.49. The van der Waals surface area contributed by atoms with Crippen molar-refractivity contribution >= 4 is 29.2 Å². The number of amides is 2. The van der Waals surface area contributed by atoms with Crippen LogP contribution in [0.25, 0.3) is 0 Å². The minimum Gasteiger partial charge on any atom is -0.465 e. The number of urea groups is 1. The molecule has 124 valence electrons. The van der Waals surface area contributed by atoms with Crippen molar-refractivity contribution in [2.24, 2.45) is 0 Å². The molecule has 3 N–H and O–H groups in total. The highest BCUT2D eigenvalue weighted by molar-refractivity contribution is 5.91. The number of pyridine rings is 1. The van der Waals surface area contributed by atoms with Crippen molar-refractivity contribution in [3.05, 3.63) is 48.2 Å². The maximum atomic E-state index is 11.7. The number of hydrogen-bond donors (Lipinski definition) is 3. The van der Waals surface area contributed by atoms with Crippen molar-refractivity contribution in [3.63, 3.8) is 0 Å². The van der Waals surface area contributed by atoms with Crippen molar-refractivity contribution in [1.29, 1.82) is 0 Å². The fourth-order valence-corrected chi connectivity index (χ4v) is 2.11. The molecule has 0 saturated heterocycles. The maximum absolute atomic E-state index is 11.7. The van der Waals surface area contributed by atoms with Crippen LogP contribution >= 0.6 is 0 Å². The SMILES string of the molecule is COC(=O)c1cccc(Nc2ccc(NC(=O)NC3CC3)cn2)c1. The summed E-state index contributed by atoms with van der Waals surface area (Å²) in [6, 6.07) is 10.5. The summed E-state index contributed by atoms with van der Waals surface area (Å²) in [7, 11) is 1.34. The molecule has 1 aliphatic rings. The largest absolute Gasteiger partial charge is 0.465 e. The molecule has 1 aromatic carbocycles. The number of nitrogens with zero attached hydrogens (tertiary/aromatic N) is 1. The molecule has 1 fully saturated rings. The Morgan fingerprint density at radius 3 is 2.67 bits per heavy atom. The molecule has 24 heavy (non-hydrogen) atoms. The van der Waals surface area contributed by atoms with Gasteiger partial charge in [0.15, 0.2) is 0 Å². The van der Waals surface area contributed by atoms with E-state index in [2.05, 4.69) is 20.9 Å². The second kappa shape index (κ2) is 6.99. The van der Waals surface area contributed by atoms with Crippen LogP contribution in [0.5, 0.6) is 0 Å². The molecule has 1 aliphatic carbocycles. The normalized spacial score (nSPS) is 13.0. The highest BCUT2D eigenvalue weighted by Crippen LogP contribution is 2.20. The maximum Gasteiger partial charge on any atom is 0.337 e. The number of hydrogen-bond acceptors (Lipinski definition) is 5. The Kier molecular flexibility index (Phi) is 4.60. The number of ether oxygens (including phenoxy) is 1. The number of rotatable bonds is 5. The molecular formula is C17H18N4O3. The van der Waals surface area contributed by atoms with Gasteiger partial charge in [0.1, 0.15) is 5.82 Å². The molecule has 1 saturated carbocycles. The first-order valence-electron chi connectivity index (χ1n) is 7.63. The zero-order valence-corrected chi connectivity index (χ0v) is 13.2. The number of nitrogens with one attached hydrogen (secondary N) is 3. The van der Waals surface area contributed by atoms with Gasteiger partial charge in [-0.2, -0.15) is 0 Å². The highest BCUT2D eigenvalue weighted by Gasteiger charge is 2.23. The molecule has 2 amide bonds. The average Bonchev–Trinajstić information content (AvgIpc) is 3.40. The standard InChI is InChI=1S/C17H18N4O3/c1-24-16(22)11-3-2-4-13(9-11)19-15-8-7-14(10-18-15)21-17(23)20-12-5-6-12/h2-4,7-10,12H,5-6H2,1H3,(H,18,19)(H2,20,21,23). The van der Waals surface area contributed by atoms with Crippen LogP contribution < -0.4 is 16.0 Å². The first-order chi connectivity index (χ1) is 11.6. The van der Waals surface area contributed by atoms with Gasteiger partial charge in [0.25, 0.3) is 0 Å². The summed E-state index contributed by atoms with van der Waals surface area (Å²) in [5.41, 5.74) is 1.79. The van der Waals surface area contributed by atoms with Crippen molar-refractivity contribution < 1.29 is 14.3 Å². The molecule has 0 radical (unpaired) electrons. The Morgan fingerprint density at radius 2 is 2.00 bits per heavy atom. The number of carbonyl (C=O) groups is 2. The van der Waals surface area contributed by atoms with Crippen LogP contribution in [-0.2, 0) is 4.74 Å². The van der Waals surface area contributed by atoms with Gasteiger partial charge in [0, 0.05) is 11.7 Å². The molecule has 0 bridgehead atoms. The molecule has 0 aliphatic heterocycles. The summed E-state index contributed by atoms with van der Waals surface area (Å²) in [5, 5.41) is 8.68. The number of anilines is 3. The molecule has 7 nitrogen and oxygen atoms in total. The Hall–Kier alpha value is -3.09. The topological polar surface area (TPSA) is 92.4 Å². The van der Waals surface area contributed by atoms with Gasteiger partial charge in [-0.1, -0.05) is 6.07 Å². The Bertz CT molecular complexity index is 742. The van der Waals surface area contributed by atoms with E-state index in [4.69, 9.17) is 4.74 Å². The molecule has 0 unspecified atom stereocenters. The first-order valence-corrected chi connectivity index (χ1v) is 7.63. The van der Waals surface area contributed by atoms with Gasteiger partial charge >= 0.3 is 12.0 Å². The van der Waals surface area contributed by atoms with E-state index in [1.54, 1.807) is 36.5 Å². The van der Waals surface area contributed by atoms with E-state index >= 15 is 0 Å². The van der Waals surface area contributed by atoms with Crippen LogP contribution in [-0.4, -0.2) is 30.1 Å². The number of aromatic nitrogens is 1. The van der Waals surface area contributed by atoms with Crippen LogP contribution in [0.4, 0.5) is 22.0 Å². The number of benzene rings is 1. The molecule has 1 aromatic heterocycles. The van der Waals surface area contributed by atoms with E-state index in [-0.39, 0.29) is 6.03 Å². The Balaban J connectivity index is 1.61. The third kappa shape index (κ3) is 4.22. The predicted molar refractivity (Wildman–Crippen MR) is 90.5 cm³/mol. The van der Waals surface area contributed by atoms with Crippen LogP contribution in [0, 0.1) is 0 Å². The zero-order valence-electron chi connectivity index (χ0n) is 13.2. The fraction of sp³-hybridized carbons (Fsp3) is 0.235. The molecule has 0 spiro atoms. The molecule has 3 rings (SSSR count). The van der Waals surface area contributed by atoms with Crippen molar-refractivity contribution in [1.82, 2.24) is 10.3 Å². The van der Waals surface area contributed by atoms with Gasteiger partial charge in [-0.15, -0.1) is 0 Å². The highest BCUT2D eigenvalue weighted by atomic mass is 16.5. The van der Waals surface area contributed by atoms with E-state index in [9.17, 15) is 9.59 Å². The van der Waals surface area contributed by atoms with Gasteiger partial charge in [0.2, 0.25) is 0 Å². The minimum absolute atomic E-state index is 0.217. The second-order valence-electron chi connectivity index (χ2n) is 5.50. The lowest BCUT2D eigenvalue weighted by Crippen LogP contribution is -2.30. The third-order valence-corrected chi connectivity index (χ3v) is 3.49. The molecule has 2 aromatic rings. The summed E-state index contributed by atoms with van der Waals surface area (Å²) < 4.78 is 4.70. The van der Waals surface area contributed by atoms with E-state index in [1.807, 2.05) is 6.07 Å². The fourth-order valence-electron chi connectivity index (χ4n) is 2.11. The van der Waals surface area contributed by atoms with Gasteiger partial charge < -0.3 is 20.7 Å². The lowest BCUT2D eigenvalue weighted by atomic mass is 10.2. The minimum atomic E-state index is -0.396. The average molecular weight is 326 g/mol. The van der Waals surface area contributed by atoms with Gasteiger partial charge in [0.05, 0.1) is 24.6 Å². The zero-order chi connectivity index (χ0) is 16.9. The van der Waals surface area contributed by atoms with E-state index in [1.165, 1.54) is 7.11 Å².